The van der Waals surface area contributed by atoms with E-state index in [1.807, 2.05) is 0 Å². The maximum atomic E-state index is 6.08. The number of aryl methyl sites for hydroxylation is 1. The van der Waals surface area contributed by atoms with E-state index in [-0.39, 0.29) is 0 Å². The molecule has 0 N–H and O–H groups in total. The summed E-state index contributed by atoms with van der Waals surface area (Å²) in [5.41, 5.74) is 3.51. The lowest BCUT2D eigenvalue weighted by atomic mass is 10.1. The zero-order chi connectivity index (χ0) is 15.1. The van der Waals surface area contributed by atoms with Crippen LogP contribution < -0.4 is 4.90 Å². The van der Waals surface area contributed by atoms with Gasteiger partial charge in [0.1, 0.15) is 0 Å². The summed E-state index contributed by atoms with van der Waals surface area (Å²) in [6.07, 6.45) is 4.26. The lowest BCUT2D eigenvalue weighted by Gasteiger charge is -2.21. The number of anilines is 1. The zero-order valence-electron chi connectivity index (χ0n) is 12.9. The van der Waals surface area contributed by atoms with Gasteiger partial charge >= 0.3 is 0 Å². The minimum absolute atomic E-state index is 0.396. The second kappa shape index (κ2) is 5.96. The molecule has 1 aliphatic heterocycles. The number of rotatable bonds is 4. The molecular weight excluding hydrogens is 387 g/mol. The highest BCUT2D eigenvalue weighted by molar-refractivity contribution is 14.1. The summed E-state index contributed by atoms with van der Waals surface area (Å²) in [4.78, 5) is 7.17. The number of fused-ring (bicyclic) bond motifs is 1. The molecular formula is C18H21IN2O. The fourth-order valence-corrected chi connectivity index (χ4v) is 3.69. The Morgan fingerprint density at radius 1 is 1.27 bits per heavy atom. The summed E-state index contributed by atoms with van der Waals surface area (Å²) in [5.74, 6) is 0.847. The molecule has 4 rings (SSSR count). The van der Waals surface area contributed by atoms with Crippen LogP contribution in [0.25, 0.3) is 10.9 Å². The van der Waals surface area contributed by atoms with E-state index in [0.717, 1.165) is 43.2 Å². The maximum Gasteiger partial charge on any atom is 0.0766 e. The highest BCUT2D eigenvalue weighted by atomic mass is 127. The third-order valence-corrected chi connectivity index (χ3v) is 5.30. The summed E-state index contributed by atoms with van der Waals surface area (Å²) >= 11 is 2.35. The summed E-state index contributed by atoms with van der Waals surface area (Å²) < 4.78 is 7.32. The van der Waals surface area contributed by atoms with Crippen LogP contribution in [0.5, 0.6) is 0 Å². The van der Waals surface area contributed by atoms with Crippen molar-refractivity contribution in [2.24, 2.45) is 5.92 Å². The van der Waals surface area contributed by atoms with E-state index >= 15 is 0 Å². The van der Waals surface area contributed by atoms with Crippen LogP contribution in [0, 0.1) is 16.4 Å². The van der Waals surface area contributed by atoms with Gasteiger partial charge in [-0.1, -0.05) is 0 Å². The summed E-state index contributed by atoms with van der Waals surface area (Å²) in [6, 6.07) is 8.76. The molecule has 1 aromatic heterocycles. The lowest BCUT2D eigenvalue weighted by Crippen LogP contribution is -2.23. The predicted molar refractivity (Wildman–Crippen MR) is 98.5 cm³/mol. The highest BCUT2D eigenvalue weighted by Crippen LogP contribution is 2.33. The van der Waals surface area contributed by atoms with Crippen molar-refractivity contribution < 1.29 is 4.74 Å². The highest BCUT2D eigenvalue weighted by Gasteiger charge is 2.28. The Morgan fingerprint density at radius 2 is 2.14 bits per heavy atom. The van der Waals surface area contributed by atoms with Gasteiger partial charge in [0, 0.05) is 40.0 Å². The normalized spacial score (nSPS) is 21.7. The quantitative estimate of drug-likeness (QED) is 0.711. The van der Waals surface area contributed by atoms with Crippen LogP contribution >= 0.6 is 22.6 Å². The van der Waals surface area contributed by atoms with Crippen LogP contribution in [0.3, 0.4) is 0 Å². The molecule has 1 saturated heterocycles. The molecule has 4 heteroatoms. The summed E-state index contributed by atoms with van der Waals surface area (Å²) in [5, 5.41) is 1.26. The molecule has 2 aromatic rings. The van der Waals surface area contributed by atoms with Crippen molar-refractivity contribution in [2.75, 3.05) is 24.6 Å². The average molecular weight is 408 g/mol. The van der Waals surface area contributed by atoms with Gasteiger partial charge in [0.15, 0.2) is 0 Å². The summed E-state index contributed by atoms with van der Waals surface area (Å²) in [7, 11) is 0. The zero-order valence-corrected chi connectivity index (χ0v) is 15.0. The molecule has 1 atom stereocenters. The second-order valence-electron chi connectivity index (χ2n) is 6.58. The van der Waals surface area contributed by atoms with Crippen molar-refractivity contribution in [1.82, 2.24) is 4.98 Å². The molecule has 22 heavy (non-hydrogen) atoms. The molecule has 0 bridgehead atoms. The van der Waals surface area contributed by atoms with E-state index in [9.17, 15) is 0 Å². The first-order chi connectivity index (χ1) is 10.7. The van der Waals surface area contributed by atoms with Crippen molar-refractivity contribution in [3.05, 3.63) is 33.5 Å². The van der Waals surface area contributed by atoms with Gasteiger partial charge in [-0.25, -0.2) is 0 Å². The molecule has 2 fully saturated rings. The van der Waals surface area contributed by atoms with Gasteiger partial charge < -0.3 is 9.64 Å². The third kappa shape index (κ3) is 3.08. The third-order valence-electron chi connectivity index (χ3n) is 4.63. The van der Waals surface area contributed by atoms with E-state index < -0.39 is 0 Å². The van der Waals surface area contributed by atoms with Gasteiger partial charge in [-0.05, 0) is 79.0 Å². The average Bonchev–Trinajstić information content (AvgIpc) is 3.20. The molecule has 2 heterocycles. The first-order valence-electron chi connectivity index (χ1n) is 8.12. The topological polar surface area (TPSA) is 25.4 Å². The number of nitrogens with zero attached hydrogens (tertiary/aromatic N) is 2. The first kappa shape index (κ1) is 14.7. The van der Waals surface area contributed by atoms with Crippen LogP contribution in [-0.4, -0.2) is 30.8 Å². The number of ether oxygens (including phenoxy) is 1. The van der Waals surface area contributed by atoms with E-state index in [1.54, 1.807) is 0 Å². The van der Waals surface area contributed by atoms with Crippen LogP contribution in [-0.2, 0) is 4.74 Å². The fraction of sp³-hybridized carbons (Fsp3) is 0.500. The standard InChI is InChI=1S/C18H21IN2O/c1-12-8-18(16-5-4-14(19)9-17(16)20-12)21-7-6-15(10-21)22-11-13-2-3-13/h4-5,8-9,13,15H,2-3,6-7,10-11H2,1H3. The second-order valence-corrected chi connectivity index (χ2v) is 7.82. The lowest BCUT2D eigenvalue weighted by molar-refractivity contribution is 0.0605. The molecule has 1 aliphatic carbocycles. The van der Waals surface area contributed by atoms with Gasteiger partial charge in [-0.3, -0.25) is 4.98 Å². The van der Waals surface area contributed by atoms with Crippen LogP contribution in [0.4, 0.5) is 5.69 Å². The number of pyridine rings is 1. The van der Waals surface area contributed by atoms with Crippen molar-refractivity contribution in [3.8, 4) is 0 Å². The Bertz CT molecular complexity index is 694. The molecule has 0 spiro atoms. The Kier molecular flexibility index (Phi) is 3.98. The van der Waals surface area contributed by atoms with E-state index in [0.29, 0.717) is 6.10 Å². The number of hydrogen-bond donors (Lipinski definition) is 0. The Balaban J connectivity index is 1.57. The first-order valence-corrected chi connectivity index (χ1v) is 9.20. The van der Waals surface area contributed by atoms with Gasteiger partial charge in [0.05, 0.1) is 11.6 Å². The monoisotopic (exact) mass is 408 g/mol. The van der Waals surface area contributed by atoms with E-state index in [1.165, 1.54) is 27.5 Å². The van der Waals surface area contributed by atoms with Crippen LogP contribution in [0.1, 0.15) is 25.0 Å². The van der Waals surface area contributed by atoms with E-state index in [2.05, 4.69) is 58.7 Å². The Morgan fingerprint density at radius 3 is 2.95 bits per heavy atom. The van der Waals surface area contributed by atoms with Gasteiger partial charge in [0.2, 0.25) is 0 Å². The molecule has 0 amide bonds. The Hall–Kier alpha value is -0.880. The molecule has 2 aliphatic rings. The predicted octanol–water partition coefficient (Wildman–Crippen LogP) is 4.15. The molecule has 116 valence electrons. The Labute approximate surface area is 145 Å². The van der Waals surface area contributed by atoms with Crippen LogP contribution in [0.15, 0.2) is 24.3 Å². The van der Waals surface area contributed by atoms with Crippen molar-refractivity contribution in [1.29, 1.82) is 0 Å². The van der Waals surface area contributed by atoms with E-state index in [4.69, 9.17) is 9.72 Å². The molecule has 1 aromatic carbocycles. The van der Waals surface area contributed by atoms with Gasteiger partial charge in [-0.15, -0.1) is 0 Å². The number of halogens is 1. The SMILES string of the molecule is Cc1cc(N2CCC(OCC3CC3)C2)c2ccc(I)cc2n1. The van der Waals surface area contributed by atoms with Crippen LogP contribution in [0.2, 0.25) is 0 Å². The molecule has 1 unspecified atom stereocenters. The van der Waals surface area contributed by atoms with Crippen molar-refractivity contribution in [2.45, 2.75) is 32.3 Å². The largest absolute Gasteiger partial charge is 0.376 e. The van der Waals surface area contributed by atoms with Gasteiger partial charge in [0.25, 0.3) is 0 Å². The number of hydrogen-bond acceptors (Lipinski definition) is 3. The smallest absolute Gasteiger partial charge is 0.0766 e. The van der Waals surface area contributed by atoms with Crippen molar-refractivity contribution >= 4 is 39.2 Å². The maximum absolute atomic E-state index is 6.08. The molecule has 0 radical (unpaired) electrons. The number of aromatic nitrogens is 1. The molecule has 3 nitrogen and oxygen atoms in total. The molecule has 1 saturated carbocycles. The number of benzene rings is 1. The minimum atomic E-state index is 0.396. The minimum Gasteiger partial charge on any atom is -0.376 e. The fourth-order valence-electron chi connectivity index (χ4n) is 3.21. The van der Waals surface area contributed by atoms with Gasteiger partial charge in [-0.2, -0.15) is 0 Å². The van der Waals surface area contributed by atoms with Crippen molar-refractivity contribution in [3.63, 3.8) is 0 Å². The summed E-state index contributed by atoms with van der Waals surface area (Å²) in [6.45, 7) is 5.14.